The molecule has 0 amide bonds. The highest BCUT2D eigenvalue weighted by atomic mass is 32.1. The summed E-state index contributed by atoms with van der Waals surface area (Å²) in [6, 6.07) is 0. The molecule has 20 heavy (non-hydrogen) atoms. The normalized spacial score (nSPS) is 27.2. The number of thiazole rings is 1. The summed E-state index contributed by atoms with van der Waals surface area (Å²) in [4.78, 5) is 5.84. The molecule has 0 aromatic carbocycles. The molecule has 0 spiro atoms. The van der Waals surface area contributed by atoms with Crippen LogP contribution in [-0.2, 0) is 6.42 Å². The van der Waals surface area contributed by atoms with Crippen molar-refractivity contribution in [1.82, 2.24) is 9.38 Å². The van der Waals surface area contributed by atoms with Crippen molar-refractivity contribution in [3.8, 4) is 0 Å². The molecule has 0 bridgehead atoms. The van der Waals surface area contributed by atoms with Gasteiger partial charge < -0.3 is 5.73 Å². The van der Waals surface area contributed by atoms with Crippen LogP contribution < -0.4 is 5.73 Å². The molecule has 1 aliphatic rings. The number of aromatic nitrogens is 2. The fourth-order valence-electron chi connectivity index (χ4n) is 3.69. The van der Waals surface area contributed by atoms with Gasteiger partial charge in [-0.2, -0.15) is 0 Å². The van der Waals surface area contributed by atoms with Gasteiger partial charge in [-0.05, 0) is 50.0 Å². The van der Waals surface area contributed by atoms with Crippen molar-refractivity contribution in [1.29, 1.82) is 0 Å². The molecule has 0 aliphatic heterocycles. The third kappa shape index (κ3) is 2.77. The lowest BCUT2D eigenvalue weighted by Crippen LogP contribution is -2.37. The lowest BCUT2D eigenvalue weighted by molar-refractivity contribution is 0.149. The van der Waals surface area contributed by atoms with E-state index in [1.165, 1.54) is 44.2 Å². The Morgan fingerprint density at radius 3 is 2.90 bits per heavy atom. The Morgan fingerprint density at radius 1 is 1.45 bits per heavy atom. The maximum absolute atomic E-state index is 6.14. The van der Waals surface area contributed by atoms with Crippen LogP contribution in [0.2, 0.25) is 0 Å². The Morgan fingerprint density at radius 2 is 2.25 bits per heavy atom. The first-order valence-corrected chi connectivity index (χ1v) is 8.74. The minimum absolute atomic E-state index is 0.300. The van der Waals surface area contributed by atoms with Crippen LogP contribution in [0.4, 0.5) is 0 Å². The highest BCUT2D eigenvalue weighted by Crippen LogP contribution is 2.42. The quantitative estimate of drug-likeness (QED) is 0.908. The topological polar surface area (TPSA) is 43.3 Å². The van der Waals surface area contributed by atoms with E-state index in [0.717, 1.165) is 23.8 Å². The molecule has 4 heteroatoms. The summed E-state index contributed by atoms with van der Waals surface area (Å²) in [5.41, 5.74) is 7.66. The second-order valence-corrected chi connectivity index (χ2v) is 7.31. The van der Waals surface area contributed by atoms with Gasteiger partial charge >= 0.3 is 0 Å². The Labute approximate surface area is 125 Å². The number of rotatable bonds is 5. The van der Waals surface area contributed by atoms with Gasteiger partial charge in [-0.3, -0.25) is 4.40 Å². The lowest BCUT2D eigenvalue weighted by atomic mass is 9.67. The number of hydrogen-bond donors (Lipinski definition) is 1. The van der Waals surface area contributed by atoms with Gasteiger partial charge in [0, 0.05) is 17.8 Å². The average molecular weight is 291 g/mol. The summed E-state index contributed by atoms with van der Waals surface area (Å²) >= 11 is 1.70. The zero-order valence-corrected chi connectivity index (χ0v) is 13.2. The molecule has 1 aliphatic carbocycles. The zero-order chi connectivity index (χ0) is 14.0. The second kappa shape index (κ2) is 5.86. The number of hydrogen-bond acceptors (Lipinski definition) is 3. The van der Waals surface area contributed by atoms with E-state index in [1.807, 2.05) is 0 Å². The van der Waals surface area contributed by atoms with Crippen molar-refractivity contribution >= 4 is 16.3 Å². The van der Waals surface area contributed by atoms with Gasteiger partial charge in [-0.1, -0.05) is 19.8 Å². The zero-order valence-electron chi connectivity index (χ0n) is 12.3. The van der Waals surface area contributed by atoms with Gasteiger partial charge in [-0.25, -0.2) is 4.98 Å². The van der Waals surface area contributed by atoms with E-state index in [4.69, 9.17) is 10.7 Å². The van der Waals surface area contributed by atoms with Gasteiger partial charge in [0.05, 0.1) is 5.69 Å². The summed E-state index contributed by atoms with van der Waals surface area (Å²) in [6.07, 6.45) is 13.3. The van der Waals surface area contributed by atoms with Crippen LogP contribution in [-0.4, -0.2) is 15.9 Å². The van der Waals surface area contributed by atoms with Crippen LogP contribution in [0.1, 0.15) is 51.1 Å². The molecule has 0 radical (unpaired) electrons. The van der Waals surface area contributed by atoms with Gasteiger partial charge in [0.15, 0.2) is 4.96 Å². The van der Waals surface area contributed by atoms with Crippen molar-refractivity contribution < 1.29 is 0 Å². The predicted molar refractivity (Wildman–Crippen MR) is 85.1 cm³/mol. The summed E-state index contributed by atoms with van der Waals surface area (Å²) in [7, 11) is 0. The standard InChI is InChI=1S/C16H25N3S/c1-2-3-13-4-6-16(12-17,7-5-13)10-14-11-19-8-9-20-15(19)18-14/h8-9,11,13H,2-7,10,12,17H2,1H3. The van der Waals surface area contributed by atoms with E-state index < -0.39 is 0 Å². The number of nitrogens with two attached hydrogens (primary N) is 1. The summed E-state index contributed by atoms with van der Waals surface area (Å²) in [6.45, 7) is 3.10. The smallest absolute Gasteiger partial charge is 0.193 e. The first kappa shape index (κ1) is 14.1. The first-order valence-electron chi connectivity index (χ1n) is 7.86. The molecule has 3 nitrogen and oxygen atoms in total. The maximum Gasteiger partial charge on any atom is 0.193 e. The molecule has 1 fully saturated rings. The summed E-state index contributed by atoms with van der Waals surface area (Å²) < 4.78 is 2.13. The van der Waals surface area contributed by atoms with Crippen LogP contribution in [0.15, 0.2) is 17.8 Å². The molecule has 110 valence electrons. The van der Waals surface area contributed by atoms with Crippen molar-refractivity contribution in [2.24, 2.45) is 17.1 Å². The largest absolute Gasteiger partial charge is 0.330 e. The number of imidazole rings is 1. The fraction of sp³-hybridized carbons (Fsp3) is 0.688. The minimum Gasteiger partial charge on any atom is -0.330 e. The Balaban J connectivity index is 1.69. The molecule has 2 N–H and O–H groups in total. The fourth-order valence-corrected chi connectivity index (χ4v) is 4.40. The van der Waals surface area contributed by atoms with E-state index in [-0.39, 0.29) is 0 Å². The molecule has 2 aromatic rings. The highest BCUT2D eigenvalue weighted by Gasteiger charge is 2.34. The maximum atomic E-state index is 6.14. The molecule has 3 rings (SSSR count). The van der Waals surface area contributed by atoms with Crippen LogP contribution in [0.3, 0.4) is 0 Å². The Hall–Kier alpha value is -0.870. The van der Waals surface area contributed by atoms with Gasteiger partial charge in [0.25, 0.3) is 0 Å². The van der Waals surface area contributed by atoms with E-state index >= 15 is 0 Å². The molecule has 2 heterocycles. The monoisotopic (exact) mass is 291 g/mol. The highest BCUT2D eigenvalue weighted by molar-refractivity contribution is 7.15. The van der Waals surface area contributed by atoms with Crippen molar-refractivity contribution in [3.05, 3.63) is 23.5 Å². The van der Waals surface area contributed by atoms with Crippen LogP contribution in [0.5, 0.6) is 0 Å². The van der Waals surface area contributed by atoms with Gasteiger partial charge in [0.2, 0.25) is 0 Å². The van der Waals surface area contributed by atoms with E-state index in [2.05, 4.69) is 29.1 Å². The van der Waals surface area contributed by atoms with E-state index in [0.29, 0.717) is 5.41 Å². The minimum atomic E-state index is 0.300. The third-order valence-corrected chi connectivity index (χ3v) is 5.77. The molecule has 0 atom stereocenters. The average Bonchev–Trinajstić information content (AvgIpc) is 3.02. The third-order valence-electron chi connectivity index (χ3n) is 5.00. The van der Waals surface area contributed by atoms with E-state index in [9.17, 15) is 0 Å². The Bertz CT molecular complexity index is 520. The van der Waals surface area contributed by atoms with Crippen LogP contribution >= 0.6 is 11.3 Å². The van der Waals surface area contributed by atoms with Gasteiger partial charge in [-0.15, -0.1) is 11.3 Å². The van der Waals surface area contributed by atoms with Gasteiger partial charge in [0.1, 0.15) is 0 Å². The molecular formula is C16H25N3S. The number of fused-ring (bicyclic) bond motifs is 1. The lowest BCUT2D eigenvalue weighted by Gasteiger charge is -2.39. The second-order valence-electron chi connectivity index (χ2n) is 6.44. The molecular weight excluding hydrogens is 266 g/mol. The summed E-state index contributed by atoms with van der Waals surface area (Å²) in [5.74, 6) is 0.935. The molecule has 1 saturated carbocycles. The molecule has 2 aromatic heterocycles. The summed E-state index contributed by atoms with van der Waals surface area (Å²) in [5, 5.41) is 2.08. The Kier molecular flexibility index (Phi) is 4.13. The number of nitrogens with zero attached hydrogens (tertiary/aromatic N) is 2. The van der Waals surface area contributed by atoms with E-state index in [1.54, 1.807) is 11.3 Å². The van der Waals surface area contributed by atoms with Crippen LogP contribution in [0, 0.1) is 11.3 Å². The van der Waals surface area contributed by atoms with Crippen molar-refractivity contribution in [2.75, 3.05) is 6.54 Å². The molecule has 0 unspecified atom stereocenters. The van der Waals surface area contributed by atoms with Crippen molar-refractivity contribution in [3.63, 3.8) is 0 Å². The van der Waals surface area contributed by atoms with Crippen molar-refractivity contribution in [2.45, 2.75) is 51.9 Å². The first-order chi connectivity index (χ1) is 9.74. The molecule has 0 saturated heterocycles. The predicted octanol–water partition coefficient (Wildman–Crippen LogP) is 3.87. The van der Waals surface area contributed by atoms with Crippen LogP contribution in [0.25, 0.3) is 4.96 Å². The SMILES string of the molecule is CCCC1CCC(CN)(Cc2cn3ccsc3n2)CC1.